The average molecular weight is 408 g/mol. The molecule has 0 atom stereocenters. The van der Waals surface area contributed by atoms with Crippen molar-refractivity contribution < 1.29 is 4.39 Å². The molecule has 0 amide bonds. The van der Waals surface area contributed by atoms with Gasteiger partial charge in [0.15, 0.2) is 0 Å². The van der Waals surface area contributed by atoms with Crippen LogP contribution in [0.25, 0.3) is 55.7 Å². The monoisotopic (exact) mass is 408 g/mol. The zero-order valence-corrected chi connectivity index (χ0v) is 16.6. The summed E-state index contributed by atoms with van der Waals surface area (Å²) in [6.07, 6.45) is 3.55. The normalized spacial score (nSPS) is 11.5. The number of aromatic amines is 3. The maximum atomic E-state index is 14.0. The van der Waals surface area contributed by atoms with Crippen LogP contribution in [0.15, 0.2) is 67.0 Å². The molecule has 6 rings (SSSR count). The molecule has 4 aromatic heterocycles. The smallest absolute Gasteiger partial charge is 0.135 e. The number of aromatic nitrogens is 6. The van der Waals surface area contributed by atoms with Gasteiger partial charge in [0.05, 0.1) is 23.1 Å². The summed E-state index contributed by atoms with van der Waals surface area (Å²) in [6, 6.07) is 17.0. The summed E-state index contributed by atoms with van der Waals surface area (Å²) >= 11 is 0. The Hall–Kier alpha value is -4.26. The summed E-state index contributed by atoms with van der Waals surface area (Å²) in [5.74, 6) is -0.239. The molecule has 0 bridgehead atoms. The van der Waals surface area contributed by atoms with E-state index in [4.69, 9.17) is 4.98 Å². The molecule has 0 aliphatic carbocycles. The van der Waals surface area contributed by atoms with Crippen LogP contribution in [0.3, 0.4) is 0 Å². The van der Waals surface area contributed by atoms with Gasteiger partial charge in [-0.3, -0.25) is 10.2 Å². The zero-order valence-electron chi connectivity index (χ0n) is 16.6. The topological polar surface area (TPSA) is 86.0 Å². The third-order valence-corrected chi connectivity index (χ3v) is 5.47. The molecular weight excluding hydrogens is 391 g/mol. The van der Waals surface area contributed by atoms with Crippen LogP contribution in [0.1, 0.15) is 5.56 Å². The molecule has 7 heteroatoms. The number of H-pyrrole nitrogens is 3. The number of nitrogens with one attached hydrogen (secondary N) is 3. The van der Waals surface area contributed by atoms with Gasteiger partial charge >= 0.3 is 0 Å². The van der Waals surface area contributed by atoms with Crippen LogP contribution in [-0.2, 0) is 0 Å². The maximum absolute atomic E-state index is 14.0. The zero-order chi connectivity index (χ0) is 20.9. The predicted molar refractivity (Wildman–Crippen MR) is 119 cm³/mol. The van der Waals surface area contributed by atoms with Crippen molar-refractivity contribution in [3.8, 4) is 33.8 Å². The van der Waals surface area contributed by atoms with Gasteiger partial charge in [-0.25, -0.2) is 9.37 Å². The molecule has 0 aliphatic rings. The Morgan fingerprint density at radius 2 is 1.87 bits per heavy atom. The third kappa shape index (κ3) is 2.90. The second kappa shape index (κ2) is 6.63. The highest BCUT2D eigenvalue weighted by atomic mass is 19.1. The van der Waals surface area contributed by atoms with E-state index >= 15 is 0 Å². The van der Waals surface area contributed by atoms with Crippen molar-refractivity contribution >= 4 is 21.9 Å². The lowest BCUT2D eigenvalue weighted by molar-refractivity contribution is 0.627. The van der Waals surface area contributed by atoms with Crippen molar-refractivity contribution in [2.24, 2.45) is 0 Å². The molecule has 0 radical (unpaired) electrons. The van der Waals surface area contributed by atoms with Crippen molar-refractivity contribution in [3.63, 3.8) is 0 Å². The van der Waals surface area contributed by atoms with Crippen molar-refractivity contribution in [2.45, 2.75) is 6.92 Å². The van der Waals surface area contributed by atoms with Crippen LogP contribution >= 0.6 is 0 Å². The van der Waals surface area contributed by atoms with Crippen LogP contribution < -0.4 is 0 Å². The lowest BCUT2D eigenvalue weighted by Crippen LogP contribution is -1.84. The van der Waals surface area contributed by atoms with Gasteiger partial charge in [0.2, 0.25) is 0 Å². The molecule has 2 aromatic carbocycles. The number of benzene rings is 2. The number of nitrogens with zero attached hydrogens (tertiary/aromatic N) is 3. The van der Waals surface area contributed by atoms with Gasteiger partial charge in [-0.2, -0.15) is 10.2 Å². The predicted octanol–water partition coefficient (Wildman–Crippen LogP) is 5.61. The second-order valence-electron chi connectivity index (χ2n) is 7.62. The van der Waals surface area contributed by atoms with Crippen LogP contribution in [0, 0.1) is 12.7 Å². The minimum Gasteiger partial charge on any atom is -0.353 e. The molecule has 0 unspecified atom stereocenters. The molecule has 31 heavy (non-hydrogen) atoms. The maximum Gasteiger partial charge on any atom is 0.135 e. The van der Waals surface area contributed by atoms with Crippen LogP contribution in [0.2, 0.25) is 0 Å². The summed E-state index contributed by atoms with van der Waals surface area (Å²) < 4.78 is 14.0. The number of hydrogen-bond acceptors (Lipinski definition) is 3. The molecule has 0 aliphatic heterocycles. The fraction of sp³-hybridized carbons (Fsp3) is 0.0417. The number of halogens is 1. The van der Waals surface area contributed by atoms with Crippen molar-refractivity contribution in [1.29, 1.82) is 0 Å². The molecule has 150 valence electrons. The van der Waals surface area contributed by atoms with E-state index in [1.54, 1.807) is 12.3 Å². The van der Waals surface area contributed by atoms with E-state index in [0.717, 1.165) is 61.3 Å². The fourth-order valence-corrected chi connectivity index (χ4v) is 4.06. The lowest BCUT2D eigenvalue weighted by atomic mass is 10.00. The molecule has 0 spiro atoms. The Balaban J connectivity index is 1.53. The average Bonchev–Trinajstić information content (AvgIpc) is 3.50. The molecule has 0 fully saturated rings. The van der Waals surface area contributed by atoms with Gasteiger partial charge in [-0.1, -0.05) is 18.2 Å². The van der Waals surface area contributed by atoms with Crippen LogP contribution in [-0.4, -0.2) is 30.4 Å². The van der Waals surface area contributed by atoms with E-state index in [0.29, 0.717) is 0 Å². The van der Waals surface area contributed by atoms with Crippen LogP contribution in [0.5, 0.6) is 0 Å². The molecule has 4 heterocycles. The van der Waals surface area contributed by atoms with E-state index < -0.39 is 0 Å². The molecule has 6 nitrogen and oxygen atoms in total. The third-order valence-electron chi connectivity index (χ3n) is 5.47. The van der Waals surface area contributed by atoms with E-state index in [2.05, 4.69) is 25.4 Å². The summed E-state index contributed by atoms with van der Waals surface area (Å²) in [6.45, 7) is 1.90. The first-order chi connectivity index (χ1) is 15.2. The Labute approximate surface area is 176 Å². The molecule has 6 aromatic rings. The second-order valence-corrected chi connectivity index (χ2v) is 7.62. The Morgan fingerprint density at radius 1 is 0.935 bits per heavy atom. The highest BCUT2D eigenvalue weighted by Crippen LogP contribution is 2.34. The molecular formula is C24H17FN6. The summed E-state index contributed by atoms with van der Waals surface area (Å²) in [5, 5.41) is 15.4. The van der Waals surface area contributed by atoms with Crippen LogP contribution in [0.4, 0.5) is 4.39 Å². The number of pyridine rings is 1. The number of hydrogen-bond donors (Lipinski definition) is 3. The van der Waals surface area contributed by atoms with E-state index in [1.165, 1.54) is 6.07 Å². The summed E-state index contributed by atoms with van der Waals surface area (Å²) in [5.41, 5.74) is 8.58. The Morgan fingerprint density at radius 3 is 2.71 bits per heavy atom. The minimum absolute atomic E-state index is 0.239. The summed E-state index contributed by atoms with van der Waals surface area (Å²) in [7, 11) is 0. The fourth-order valence-electron chi connectivity index (χ4n) is 4.06. The quantitative estimate of drug-likeness (QED) is 0.356. The van der Waals surface area contributed by atoms with Crippen molar-refractivity contribution in [1.82, 2.24) is 30.4 Å². The Kier molecular flexibility index (Phi) is 3.76. The number of rotatable bonds is 3. The SMILES string of the molecule is Cc1cc(F)cc(-c2cccc3[nH]c(-c4n[nH]c5ccc(-c6cn[nH]c6)nc45)cc23)c1. The molecule has 3 N–H and O–H groups in total. The minimum atomic E-state index is -0.239. The largest absolute Gasteiger partial charge is 0.353 e. The lowest BCUT2D eigenvalue weighted by Gasteiger charge is -2.05. The van der Waals surface area contributed by atoms with Gasteiger partial charge < -0.3 is 4.98 Å². The molecule has 0 saturated heterocycles. The van der Waals surface area contributed by atoms with Gasteiger partial charge in [0.25, 0.3) is 0 Å². The van der Waals surface area contributed by atoms with Gasteiger partial charge in [0.1, 0.15) is 17.0 Å². The van der Waals surface area contributed by atoms with Gasteiger partial charge in [-0.15, -0.1) is 0 Å². The first kappa shape index (κ1) is 17.6. The van der Waals surface area contributed by atoms with E-state index in [-0.39, 0.29) is 5.82 Å². The Bertz CT molecular complexity index is 1540. The molecule has 0 saturated carbocycles. The van der Waals surface area contributed by atoms with Crippen molar-refractivity contribution in [3.05, 3.63) is 78.4 Å². The number of fused-ring (bicyclic) bond motifs is 2. The standard InChI is InChI=1S/C24H17FN6/c1-13-7-14(9-16(25)8-13)17-3-2-4-20-18(17)10-22(28-20)24-23-21(30-31-24)6-5-19(29-23)15-11-26-27-12-15/h2-12,28H,1H3,(H,26,27)(H,30,31). The summed E-state index contributed by atoms with van der Waals surface area (Å²) in [4.78, 5) is 8.25. The first-order valence-corrected chi connectivity index (χ1v) is 9.90. The first-order valence-electron chi connectivity index (χ1n) is 9.90. The van der Waals surface area contributed by atoms with Crippen molar-refractivity contribution in [2.75, 3.05) is 0 Å². The van der Waals surface area contributed by atoms with Gasteiger partial charge in [-0.05, 0) is 60.0 Å². The number of aryl methyl sites for hydroxylation is 1. The highest BCUT2D eigenvalue weighted by Gasteiger charge is 2.16. The highest BCUT2D eigenvalue weighted by molar-refractivity contribution is 6.00. The van der Waals surface area contributed by atoms with E-state index in [1.807, 2.05) is 55.6 Å². The van der Waals surface area contributed by atoms with E-state index in [9.17, 15) is 4.39 Å². The van der Waals surface area contributed by atoms with Gasteiger partial charge in [0, 0.05) is 22.7 Å².